The number of anilines is 1. The molecule has 20 heavy (non-hydrogen) atoms. The van der Waals surface area contributed by atoms with Crippen molar-refractivity contribution in [3.05, 3.63) is 52.2 Å². The molecule has 0 radical (unpaired) electrons. The quantitative estimate of drug-likeness (QED) is 0.841. The first kappa shape index (κ1) is 15.1. The van der Waals surface area contributed by atoms with Gasteiger partial charge in [-0.05, 0) is 48.4 Å². The summed E-state index contributed by atoms with van der Waals surface area (Å²) in [5.74, 6) is 0. The van der Waals surface area contributed by atoms with Crippen molar-refractivity contribution in [2.45, 2.75) is 32.2 Å². The lowest BCUT2D eigenvalue weighted by molar-refractivity contribution is 0.646. The topological polar surface area (TPSA) is 29.3 Å². The van der Waals surface area contributed by atoms with Gasteiger partial charge < -0.3 is 10.6 Å². The molecule has 0 saturated carbocycles. The standard InChI is InChI=1S/C17H24N2S/c1-3-15(18)13-14-6-8-16(9-7-14)19(2)11-10-17-5-4-12-20-17/h4-9,12,15H,3,10-11,13,18H2,1-2H3. The first-order valence-corrected chi connectivity index (χ1v) is 8.15. The highest BCUT2D eigenvalue weighted by molar-refractivity contribution is 7.09. The van der Waals surface area contributed by atoms with Crippen LogP contribution in [-0.2, 0) is 12.8 Å². The van der Waals surface area contributed by atoms with E-state index >= 15 is 0 Å². The van der Waals surface area contributed by atoms with Crippen LogP contribution in [0, 0.1) is 0 Å². The van der Waals surface area contributed by atoms with Crippen molar-refractivity contribution in [2.75, 3.05) is 18.5 Å². The van der Waals surface area contributed by atoms with Crippen LogP contribution >= 0.6 is 11.3 Å². The van der Waals surface area contributed by atoms with E-state index in [1.165, 1.54) is 16.1 Å². The van der Waals surface area contributed by atoms with Gasteiger partial charge in [0.25, 0.3) is 0 Å². The number of nitrogens with zero attached hydrogens (tertiary/aromatic N) is 1. The van der Waals surface area contributed by atoms with Crippen LogP contribution in [-0.4, -0.2) is 19.6 Å². The Balaban J connectivity index is 1.88. The second-order valence-electron chi connectivity index (χ2n) is 5.29. The zero-order valence-electron chi connectivity index (χ0n) is 12.4. The van der Waals surface area contributed by atoms with E-state index in [0.29, 0.717) is 0 Å². The molecule has 1 aromatic carbocycles. The fourth-order valence-electron chi connectivity index (χ4n) is 2.20. The molecule has 2 N–H and O–H groups in total. The minimum atomic E-state index is 0.275. The molecule has 3 heteroatoms. The van der Waals surface area contributed by atoms with E-state index in [4.69, 9.17) is 5.73 Å². The SMILES string of the molecule is CCC(N)Cc1ccc(N(C)CCc2cccs2)cc1. The highest BCUT2D eigenvalue weighted by atomic mass is 32.1. The van der Waals surface area contributed by atoms with Crippen LogP contribution in [0.25, 0.3) is 0 Å². The van der Waals surface area contributed by atoms with Crippen LogP contribution < -0.4 is 10.6 Å². The third-order valence-electron chi connectivity index (χ3n) is 3.67. The number of thiophene rings is 1. The minimum Gasteiger partial charge on any atom is -0.374 e. The van der Waals surface area contributed by atoms with Crippen LogP contribution in [0.5, 0.6) is 0 Å². The van der Waals surface area contributed by atoms with Crippen LogP contribution in [0.15, 0.2) is 41.8 Å². The average Bonchev–Trinajstić information content (AvgIpc) is 2.98. The molecule has 0 spiro atoms. The molecule has 0 fully saturated rings. The first-order chi connectivity index (χ1) is 9.69. The van der Waals surface area contributed by atoms with Gasteiger partial charge in [-0.1, -0.05) is 25.1 Å². The Morgan fingerprint density at radius 3 is 2.55 bits per heavy atom. The van der Waals surface area contributed by atoms with E-state index in [-0.39, 0.29) is 6.04 Å². The third kappa shape index (κ3) is 4.36. The van der Waals surface area contributed by atoms with Gasteiger partial charge in [-0.25, -0.2) is 0 Å². The fourth-order valence-corrected chi connectivity index (χ4v) is 2.89. The van der Waals surface area contributed by atoms with E-state index in [1.807, 2.05) is 11.3 Å². The molecular weight excluding hydrogens is 264 g/mol. The summed E-state index contributed by atoms with van der Waals surface area (Å²) in [5, 5.41) is 2.14. The van der Waals surface area contributed by atoms with Crippen LogP contribution in [0.1, 0.15) is 23.8 Å². The molecule has 0 saturated heterocycles. The summed E-state index contributed by atoms with van der Waals surface area (Å²) in [6, 6.07) is 13.4. The molecule has 0 aliphatic heterocycles. The Bertz CT molecular complexity index is 490. The molecule has 1 unspecified atom stereocenters. The van der Waals surface area contributed by atoms with Crippen molar-refractivity contribution in [2.24, 2.45) is 5.73 Å². The van der Waals surface area contributed by atoms with Gasteiger partial charge in [0.15, 0.2) is 0 Å². The maximum atomic E-state index is 6.00. The number of rotatable bonds is 7. The third-order valence-corrected chi connectivity index (χ3v) is 4.61. The van der Waals surface area contributed by atoms with Crippen molar-refractivity contribution in [3.63, 3.8) is 0 Å². The van der Waals surface area contributed by atoms with Crippen molar-refractivity contribution in [3.8, 4) is 0 Å². The number of benzene rings is 1. The highest BCUT2D eigenvalue weighted by Crippen LogP contribution is 2.17. The second kappa shape index (κ2) is 7.46. The lowest BCUT2D eigenvalue weighted by atomic mass is 10.0. The lowest BCUT2D eigenvalue weighted by Crippen LogP contribution is -2.22. The Hall–Kier alpha value is -1.32. The Kier molecular flexibility index (Phi) is 5.62. The molecule has 2 aromatic rings. The molecule has 1 aromatic heterocycles. The maximum Gasteiger partial charge on any atom is 0.0363 e. The lowest BCUT2D eigenvalue weighted by Gasteiger charge is -2.19. The molecule has 0 aliphatic carbocycles. The zero-order valence-corrected chi connectivity index (χ0v) is 13.2. The molecule has 0 amide bonds. The van der Waals surface area contributed by atoms with Crippen LogP contribution in [0.3, 0.4) is 0 Å². The number of hydrogen-bond acceptors (Lipinski definition) is 3. The van der Waals surface area contributed by atoms with E-state index in [9.17, 15) is 0 Å². The van der Waals surface area contributed by atoms with Crippen molar-refractivity contribution in [1.29, 1.82) is 0 Å². The minimum absolute atomic E-state index is 0.275. The average molecular weight is 288 g/mol. The maximum absolute atomic E-state index is 6.00. The van der Waals surface area contributed by atoms with Crippen LogP contribution in [0.2, 0.25) is 0 Å². The van der Waals surface area contributed by atoms with E-state index in [2.05, 4.69) is 60.6 Å². The Morgan fingerprint density at radius 2 is 1.95 bits per heavy atom. The number of hydrogen-bond donors (Lipinski definition) is 1. The summed E-state index contributed by atoms with van der Waals surface area (Å²) in [6.07, 6.45) is 3.11. The van der Waals surface area contributed by atoms with Gasteiger partial charge in [0.1, 0.15) is 0 Å². The van der Waals surface area contributed by atoms with Crippen molar-refractivity contribution in [1.82, 2.24) is 0 Å². The summed E-state index contributed by atoms with van der Waals surface area (Å²) in [7, 11) is 2.15. The molecule has 0 aliphatic rings. The van der Waals surface area contributed by atoms with E-state index < -0.39 is 0 Å². The molecule has 1 heterocycles. The molecule has 0 bridgehead atoms. The van der Waals surface area contributed by atoms with Gasteiger partial charge in [-0.15, -0.1) is 11.3 Å². The van der Waals surface area contributed by atoms with Gasteiger partial charge in [-0.3, -0.25) is 0 Å². The van der Waals surface area contributed by atoms with Gasteiger partial charge in [0.2, 0.25) is 0 Å². The summed E-state index contributed by atoms with van der Waals surface area (Å²) < 4.78 is 0. The van der Waals surface area contributed by atoms with Gasteiger partial charge in [0.05, 0.1) is 0 Å². The molecule has 2 rings (SSSR count). The molecular formula is C17H24N2S. The fraction of sp³-hybridized carbons (Fsp3) is 0.412. The summed E-state index contributed by atoms with van der Waals surface area (Å²) in [4.78, 5) is 3.76. The van der Waals surface area contributed by atoms with Crippen LogP contribution in [0.4, 0.5) is 5.69 Å². The second-order valence-corrected chi connectivity index (χ2v) is 6.32. The molecule has 2 nitrogen and oxygen atoms in total. The van der Waals surface area contributed by atoms with Crippen molar-refractivity contribution >= 4 is 17.0 Å². The number of nitrogens with two attached hydrogens (primary N) is 1. The predicted molar refractivity (Wildman–Crippen MR) is 89.7 cm³/mol. The van der Waals surface area contributed by atoms with Gasteiger partial charge >= 0.3 is 0 Å². The zero-order chi connectivity index (χ0) is 14.4. The monoisotopic (exact) mass is 288 g/mol. The summed E-state index contributed by atoms with van der Waals surface area (Å²) in [5.41, 5.74) is 8.60. The summed E-state index contributed by atoms with van der Waals surface area (Å²) in [6.45, 7) is 3.19. The predicted octanol–water partition coefficient (Wildman–Crippen LogP) is 3.71. The highest BCUT2D eigenvalue weighted by Gasteiger charge is 2.04. The van der Waals surface area contributed by atoms with Crippen molar-refractivity contribution < 1.29 is 0 Å². The van der Waals surface area contributed by atoms with Gasteiger partial charge in [0, 0.05) is 30.2 Å². The summed E-state index contributed by atoms with van der Waals surface area (Å²) >= 11 is 1.83. The molecule has 108 valence electrons. The van der Waals surface area contributed by atoms with Gasteiger partial charge in [-0.2, -0.15) is 0 Å². The van der Waals surface area contributed by atoms with E-state index in [1.54, 1.807) is 0 Å². The number of likely N-dealkylation sites (N-methyl/N-ethyl adjacent to an activating group) is 1. The Morgan fingerprint density at radius 1 is 1.20 bits per heavy atom. The Labute approximate surface area is 126 Å². The smallest absolute Gasteiger partial charge is 0.0363 e. The molecule has 1 atom stereocenters. The van der Waals surface area contributed by atoms with E-state index in [0.717, 1.165) is 25.8 Å². The first-order valence-electron chi connectivity index (χ1n) is 7.27. The largest absolute Gasteiger partial charge is 0.374 e. The normalized spacial score (nSPS) is 12.3.